The molecule has 7 heteroatoms. The second-order valence-electron chi connectivity index (χ2n) is 4.49. The normalized spacial score (nSPS) is 11.6. The number of carbonyl (C=O) groups excluding carboxylic acids is 1. The van der Waals surface area contributed by atoms with Gasteiger partial charge in [0.2, 0.25) is 0 Å². The molecule has 0 aliphatic heterocycles. The van der Waals surface area contributed by atoms with Crippen LogP contribution in [0.15, 0.2) is 48.5 Å². The third kappa shape index (κ3) is 4.48. The summed E-state index contributed by atoms with van der Waals surface area (Å²) < 4.78 is 41.4. The van der Waals surface area contributed by atoms with Crippen LogP contribution in [0, 0.1) is 17.1 Å². The van der Waals surface area contributed by atoms with E-state index in [9.17, 15) is 18.0 Å². The average molecular weight is 320 g/mol. The smallest absolute Gasteiger partial charge is 0.387 e. The summed E-state index contributed by atoms with van der Waals surface area (Å²) in [5.41, 5.74) is 0.466. The molecule has 0 heterocycles. The predicted molar refractivity (Wildman–Crippen MR) is 75.3 cm³/mol. The summed E-state index contributed by atoms with van der Waals surface area (Å²) in [4.78, 5) is 12.1. The number of carbonyl (C=O) groups is 1. The van der Waals surface area contributed by atoms with Gasteiger partial charge in [-0.15, -0.1) is 0 Å². The lowest BCUT2D eigenvalue weighted by atomic mass is 10.1. The number of hydrogen-bond acceptors (Lipinski definition) is 3. The maximum absolute atomic E-state index is 12.9. The van der Waals surface area contributed by atoms with Gasteiger partial charge >= 0.3 is 6.61 Å². The van der Waals surface area contributed by atoms with E-state index in [1.807, 2.05) is 6.07 Å². The maximum Gasteiger partial charge on any atom is 0.387 e. The minimum absolute atomic E-state index is 0.0607. The zero-order chi connectivity index (χ0) is 16.8. The lowest BCUT2D eigenvalue weighted by molar-refractivity contribution is -0.0498. The summed E-state index contributed by atoms with van der Waals surface area (Å²) in [6.45, 7) is -3.00. The van der Waals surface area contributed by atoms with Crippen LogP contribution in [0.3, 0.4) is 0 Å². The van der Waals surface area contributed by atoms with Gasteiger partial charge in [-0.1, -0.05) is 18.2 Å². The fourth-order valence-corrected chi connectivity index (χ4v) is 1.87. The Bertz CT molecular complexity index is 727. The second kappa shape index (κ2) is 7.31. The van der Waals surface area contributed by atoms with Gasteiger partial charge in [0.1, 0.15) is 17.6 Å². The molecule has 0 radical (unpaired) electrons. The number of hydrogen-bond donors (Lipinski definition) is 1. The minimum Gasteiger partial charge on any atom is -0.435 e. The fraction of sp³-hybridized carbons (Fsp3) is 0.125. The molecule has 1 N–H and O–H groups in total. The third-order valence-electron chi connectivity index (χ3n) is 2.93. The lowest BCUT2D eigenvalue weighted by Crippen LogP contribution is -2.27. The Morgan fingerprint density at radius 2 is 1.87 bits per heavy atom. The van der Waals surface area contributed by atoms with E-state index >= 15 is 0 Å². The van der Waals surface area contributed by atoms with Crippen molar-refractivity contribution in [1.29, 1.82) is 5.26 Å². The number of nitrogens with one attached hydrogen (secondary N) is 1. The molecule has 4 nitrogen and oxygen atoms in total. The maximum atomic E-state index is 12.9. The van der Waals surface area contributed by atoms with Crippen LogP contribution in [0.25, 0.3) is 0 Å². The number of halogens is 3. The van der Waals surface area contributed by atoms with Crippen LogP contribution in [-0.2, 0) is 0 Å². The summed E-state index contributed by atoms with van der Waals surface area (Å²) >= 11 is 0. The first-order valence-electron chi connectivity index (χ1n) is 6.50. The molecule has 2 rings (SSSR count). The van der Waals surface area contributed by atoms with Crippen molar-refractivity contribution >= 4 is 5.91 Å². The lowest BCUT2D eigenvalue weighted by Gasteiger charge is -2.12. The van der Waals surface area contributed by atoms with Gasteiger partial charge in [-0.2, -0.15) is 14.0 Å². The quantitative estimate of drug-likeness (QED) is 0.918. The molecule has 0 unspecified atom stereocenters. The number of nitriles is 1. The Kier molecular flexibility index (Phi) is 5.20. The van der Waals surface area contributed by atoms with Crippen molar-refractivity contribution < 1.29 is 22.7 Å². The van der Waals surface area contributed by atoms with Gasteiger partial charge in [-0.05, 0) is 35.9 Å². The van der Waals surface area contributed by atoms with Crippen molar-refractivity contribution in [2.45, 2.75) is 12.7 Å². The SMILES string of the molecule is N#C[C@H](NC(=O)c1cccc(OC(F)F)c1)c1ccc(F)cc1. The molecule has 0 saturated carbocycles. The first-order chi connectivity index (χ1) is 11.0. The number of ether oxygens (including phenoxy) is 1. The van der Waals surface area contributed by atoms with E-state index in [0.29, 0.717) is 5.56 Å². The van der Waals surface area contributed by atoms with Crippen LogP contribution < -0.4 is 10.1 Å². The van der Waals surface area contributed by atoms with Gasteiger partial charge in [-0.25, -0.2) is 4.39 Å². The van der Waals surface area contributed by atoms with Gasteiger partial charge in [0.25, 0.3) is 5.91 Å². The zero-order valence-electron chi connectivity index (χ0n) is 11.7. The number of rotatable bonds is 5. The molecule has 1 amide bonds. The van der Waals surface area contributed by atoms with Gasteiger partial charge in [0, 0.05) is 5.56 Å². The zero-order valence-corrected chi connectivity index (χ0v) is 11.7. The van der Waals surface area contributed by atoms with Crippen LogP contribution >= 0.6 is 0 Å². The number of amides is 1. The standard InChI is InChI=1S/C16H11F3N2O2/c17-12-6-4-10(5-7-12)14(9-20)21-15(22)11-2-1-3-13(8-11)23-16(18)19/h1-8,14,16H,(H,21,22)/t14-/m0/s1. The predicted octanol–water partition coefficient (Wildman–Crippen LogP) is 3.42. The molecule has 0 fully saturated rings. The van der Waals surface area contributed by atoms with E-state index in [-0.39, 0.29) is 11.3 Å². The summed E-state index contributed by atoms with van der Waals surface area (Å²) in [6, 6.07) is 11.2. The molecule has 1 atom stereocenters. The van der Waals surface area contributed by atoms with Gasteiger partial charge in [0.15, 0.2) is 0 Å². The topological polar surface area (TPSA) is 62.1 Å². The largest absolute Gasteiger partial charge is 0.435 e. The van der Waals surface area contributed by atoms with Crippen molar-refractivity contribution in [2.75, 3.05) is 0 Å². The van der Waals surface area contributed by atoms with E-state index in [1.54, 1.807) is 0 Å². The van der Waals surface area contributed by atoms with Crippen LogP contribution in [-0.4, -0.2) is 12.5 Å². The van der Waals surface area contributed by atoms with Gasteiger partial charge < -0.3 is 10.1 Å². The first kappa shape index (κ1) is 16.4. The molecular formula is C16H11F3N2O2. The van der Waals surface area contributed by atoms with Crippen LogP contribution in [0.4, 0.5) is 13.2 Å². The number of nitrogens with zero attached hydrogens (tertiary/aromatic N) is 1. The van der Waals surface area contributed by atoms with E-state index in [1.165, 1.54) is 42.5 Å². The molecule has 2 aromatic carbocycles. The van der Waals surface area contributed by atoms with E-state index in [2.05, 4.69) is 10.1 Å². The van der Waals surface area contributed by atoms with Crippen LogP contribution in [0.1, 0.15) is 22.0 Å². The summed E-state index contributed by atoms with van der Waals surface area (Å²) in [5, 5.41) is 11.6. The third-order valence-corrected chi connectivity index (χ3v) is 2.93. The molecular weight excluding hydrogens is 309 g/mol. The highest BCUT2D eigenvalue weighted by molar-refractivity contribution is 5.95. The molecule has 0 bridgehead atoms. The Balaban J connectivity index is 2.14. The molecule has 2 aromatic rings. The van der Waals surface area contributed by atoms with E-state index in [0.717, 1.165) is 6.07 Å². The first-order valence-corrected chi connectivity index (χ1v) is 6.50. The van der Waals surface area contributed by atoms with Crippen molar-refractivity contribution in [2.24, 2.45) is 0 Å². The summed E-state index contributed by atoms with van der Waals surface area (Å²) in [6.07, 6.45) is 0. The Hall–Kier alpha value is -3.01. The number of alkyl halides is 2. The highest BCUT2D eigenvalue weighted by atomic mass is 19.3. The molecule has 0 spiro atoms. The van der Waals surface area contributed by atoms with Gasteiger partial charge in [-0.3, -0.25) is 4.79 Å². The van der Waals surface area contributed by atoms with Gasteiger partial charge in [0.05, 0.1) is 6.07 Å². The molecule has 0 saturated heterocycles. The van der Waals surface area contributed by atoms with Crippen molar-refractivity contribution in [1.82, 2.24) is 5.32 Å². The summed E-state index contributed by atoms with van der Waals surface area (Å²) in [7, 11) is 0. The Morgan fingerprint density at radius 3 is 2.48 bits per heavy atom. The van der Waals surface area contributed by atoms with E-state index < -0.39 is 24.4 Å². The van der Waals surface area contributed by atoms with Crippen molar-refractivity contribution in [3.8, 4) is 11.8 Å². The minimum atomic E-state index is -3.00. The van der Waals surface area contributed by atoms with Crippen LogP contribution in [0.5, 0.6) is 5.75 Å². The monoisotopic (exact) mass is 320 g/mol. The Morgan fingerprint density at radius 1 is 1.17 bits per heavy atom. The molecule has 0 aliphatic rings. The average Bonchev–Trinajstić information content (AvgIpc) is 2.53. The molecule has 118 valence electrons. The highest BCUT2D eigenvalue weighted by Crippen LogP contribution is 2.18. The fourth-order valence-electron chi connectivity index (χ4n) is 1.87. The second-order valence-corrected chi connectivity index (χ2v) is 4.49. The molecule has 0 aliphatic carbocycles. The highest BCUT2D eigenvalue weighted by Gasteiger charge is 2.16. The number of benzene rings is 2. The van der Waals surface area contributed by atoms with Crippen molar-refractivity contribution in [3.05, 3.63) is 65.5 Å². The molecule has 23 heavy (non-hydrogen) atoms. The van der Waals surface area contributed by atoms with E-state index in [4.69, 9.17) is 5.26 Å². The van der Waals surface area contributed by atoms with Crippen molar-refractivity contribution in [3.63, 3.8) is 0 Å². The van der Waals surface area contributed by atoms with Crippen LogP contribution in [0.2, 0.25) is 0 Å². The Labute approximate surface area is 130 Å². The summed E-state index contributed by atoms with van der Waals surface area (Å²) in [5.74, 6) is -1.27. The molecule has 0 aromatic heterocycles.